The van der Waals surface area contributed by atoms with E-state index in [-0.39, 0.29) is 0 Å². The normalized spacial score (nSPS) is 9.77. The van der Waals surface area contributed by atoms with Gasteiger partial charge in [-0.1, -0.05) is 6.58 Å². The third-order valence-electron chi connectivity index (χ3n) is 1.85. The SMILES string of the molecule is C=Cc1ccc2ccc(C#N)n2n1. The zero-order valence-corrected chi connectivity index (χ0v) is 6.94. The largest absolute Gasteiger partial charge is 0.223 e. The molecule has 2 aromatic rings. The van der Waals surface area contributed by atoms with Crippen LogP contribution >= 0.6 is 0 Å². The third-order valence-corrected chi connectivity index (χ3v) is 1.85. The average Bonchev–Trinajstić information content (AvgIpc) is 2.59. The lowest BCUT2D eigenvalue weighted by Gasteiger charge is -1.96. The van der Waals surface area contributed by atoms with Crippen molar-refractivity contribution in [2.45, 2.75) is 0 Å². The topological polar surface area (TPSA) is 41.1 Å². The van der Waals surface area contributed by atoms with Crippen LogP contribution in [0.1, 0.15) is 11.4 Å². The van der Waals surface area contributed by atoms with E-state index >= 15 is 0 Å². The molecule has 0 aliphatic heterocycles. The molecule has 3 nitrogen and oxygen atoms in total. The molecule has 0 N–H and O–H groups in total. The molecule has 0 fully saturated rings. The smallest absolute Gasteiger partial charge is 0.142 e. The fraction of sp³-hybridized carbons (Fsp3) is 0. The van der Waals surface area contributed by atoms with E-state index in [1.807, 2.05) is 18.2 Å². The van der Waals surface area contributed by atoms with Crippen molar-refractivity contribution in [1.82, 2.24) is 9.61 Å². The Hall–Kier alpha value is -2.08. The van der Waals surface area contributed by atoms with E-state index in [2.05, 4.69) is 17.7 Å². The van der Waals surface area contributed by atoms with Crippen LogP contribution in [-0.4, -0.2) is 9.61 Å². The summed E-state index contributed by atoms with van der Waals surface area (Å²) in [6.07, 6.45) is 1.65. The fourth-order valence-electron chi connectivity index (χ4n) is 1.20. The first kappa shape index (κ1) is 7.56. The second-order valence-corrected chi connectivity index (χ2v) is 2.63. The lowest BCUT2D eigenvalue weighted by atomic mass is 10.3. The van der Waals surface area contributed by atoms with Crippen LogP contribution in [0.15, 0.2) is 30.8 Å². The first-order valence-electron chi connectivity index (χ1n) is 3.86. The Kier molecular flexibility index (Phi) is 1.60. The first-order chi connectivity index (χ1) is 6.35. The summed E-state index contributed by atoms with van der Waals surface area (Å²) in [4.78, 5) is 0. The van der Waals surface area contributed by atoms with E-state index in [9.17, 15) is 0 Å². The highest BCUT2D eigenvalue weighted by molar-refractivity contribution is 5.53. The van der Waals surface area contributed by atoms with Crippen molar-refractivity contribution in [2.75, 3.05) is 0 Å². The van der Waals surface area contributed by atoms with Crippen molar-refractivity contribution in [3.63, 3.8) is 0 Å². The predicted octanol–water partition coefficient (Wildman–Crippen LogP) is 1.85. The molecule has 0 atom stereocenters. The van der Waals surface area contributed by atoms with Gasteiger partial charge in [0.25, 0.3) is 0 Å². The Labute approximate surface area is 75.5 Å². The molecule has 0 aliphatic rings. The van der Waals surface area contributed by atoms with Crippen LogP contribution < -0.4 is 0 Å². The van der Waals surface area contributed by atoms with E-state index < -0.39 is 0 Å². The maximum Gasteiger partial charge on any atom is 0.142 e. The van der Waals surface area contributed by atoms with Crippen molar-refractivity contribution in [3.05, 3.63) is 42.2 Å². The van der Waals surface area contributed by atoms with Gasteiger partial charge in [0.2, 0.25) is 0 Å². The van der Waals surface area contributed by atoms with Crippen LogP contribution in [0.5, 0.6) is 0 Å². The standard InChI is InChI=1S/C10H7N3/c1-2-8-3-4-9-5-6-10(7-11)13(9)12-8/h2-6H,1H2. The second-order valence-electron chi connectivity index (χ2n) is 2.63. The summed E-state index contributed by atoms with van der Waals surface area (Å²) in [6.45, 7) is 3.62. The minimum atomic E-state index is 0.540. The molecule has 0 aromatic carbocycles. The highest BCUT2D eigenvalue weighted by atomic mass is 15.2. The van der Waals surface area contributed by atoms with Crippen LogP contribution in [0, 0.1) is 11.3 Å². The van der Waals surface area contributed by atoms with Gasteiger partial charge < -0.3 is 0 Å². The van der Waals surface area contributed by atoms with E-state index in [1.165, 1.54) is 0 Å². The van der Waals surface area contributed by atoms with Gasteiger partial charge in [0.05, 0.1) is 11.2 Å². The monoisotopic (exact) mass is 169 g/mol. The summed E-state index contributed by atoms with van der Waals surface area (Å²) < 4.78 is 1.61. The number of hydrogen-bond acceptors (Lipinski definition) is 2. The van der Waals surface area contributed by atoms with E-state index in [4.69, 9.17) is 5.26 Å². The minimum Gasteiger partial charge on any atom is -0.223 e. The summed E-state index contributed by atoms with van der Waals surface area (Å²) in [5, 5.41) is 13.0. The Balaban J connectivity index is 2.80. The van der Waals surface area contributed by atoms with Crippen molar-refractivity contribution in [2.24, 2.45) is 0 Å². The molecule has 0 aliphatic carbocycles. The molecule has 2 aromatic heterocycles. The summed E-state index contributed by atoms with van der Waals surface area (Å²) in [5.74, 6) is 0. The average molecular weight is 169 g/mol. The van der Waals surface area contributed by atoms with Gasteiger partial charge in [0.15, 0.2) is 0 Å². The first-order valence-corrected chi connectivity index (χ1v) is 3.86. The molecular formula is C10H7N3. The number of rotatable bonds is 1. The van der Waals surface area contributed by atoms with Gasteiger partial charge >= 0.3 is 0 Å². The number of fused-ring (bicyclic) bond motifs is 1. The van der Waals surface area contributed by atoms with Crippen LogP contribution in [-0.2, 0) is 0 Å². The number of aromatic nitrogens is 2. The van der Waals surface area contributed by atoms with Gasteiger partial charge in [-0.2, -0.15) is 10.4 Å². The maximum atomic E-state index is 8.75. The molecular weight excluding hydrogens is 162 g/mol. The quantitative estimate of drug-likeness (QED) is 0.653. The molecule has 0 radical (unpaired) electrons. The highest BCUT2D eigenvalue weighted by Crippen LogP contribution is 2.08. The third kappa shape index (κ3) is 1.09. The van der Waals surface area contributed by atoms with Crippen molar-refractivity contribution >= 4 is 11.6 Å². The maximum absolute atomic E-state index is 8.75. The summed E-state index contributed by atoms with van der Waals surface area (Å²) >= 11 is 0. The fourth-order valence-corrected chi connectivity index (χ4v) is 1.20. The second kappa shape index (κ2) is 2.76. The van der Waals surface area contributed by atoms with E-state index in [1.54, 1.807) is 16.7 Å². The Bertz CT molecular complexity index is 502. The Morgan fingerprint density at radius 2 is 2.15 bits per heavy atom. The van der Waals surface area contributed by atoms with Crippen LogP contribution in [0.25, 0.3) is 11.6 Å². The zero-order chi connectivity index (χ0) is 9.26. The lowest BCUT2D eigenvalue weighted by Crippen LogP contribution is -1.95. The molecule has 0 saturated carbocycles. The predicted molar refractivity (Wildman–Crippen MR) is 50.0 cm³/mol. The summed E-state index contributed by atoms with van der Waals surface area (Å²) in [6, 6.07) is 9.44. The molecule has 3 heteroatoms. The summed E-state index contributed by atoms with van der Waals surface area (Å²) in [7, 11) is 0. The molecule has 0 bridgehead atoms. The molecule has 2 heterocycles. The van der Waals surface area contributed by atoms with Crippen molar-refractivity contribution in [3.8, 4) is 6.07 Å². The molecule has 62 valence electrons. The Morgan fingerprint density at radius 3 is 2.85 bits per heavy atom. The molecule has 2 rings (SSSR count). The zero-order valence-electron chi connectivity index (χ0n) is 6.94. The number of hydrogen-bond donors (Lipinski definition) is 0. The molecule has 0 spiro atoms. The molecule has 0 unspecified atom stereocenters. The highest BCUT2D eigenvalue weighted by Gasteiger charge is 2.00. The van der Waals surface area contributed by atoms with Gasteiger partial charge in [0.1, 0.15) is 11.8 Å². The minimum absolute atomic E-state index is 0.540. The van der Waals surface area contributed by atoms with Crippen molar-refractivity contribution in [1.29, 1.82) is 5.26 Å². The molecule has 13 heavy (non-hydrogen) atoms. The van der Waals surface area contributed by atoms with Gasteiger partial charge in [-0.25, -0.2) is 4.52 Å². The summed E-state index contributed by atoms with van der Waals surface area (Å²) in [5.41, 5.74) is 2.22. The molecule has 0 amide bonds. The number of nitrogens with zero attached hydrogens (tertiary/aromatic N) is 3. The van der Waals surface area contributed by atoms with Crippen molar-refractivity contribution < 1.29 is 0 Å². The van der Waals surface area contributed by atoms with Gasteiger partial charge in [-0.05, 0) is 30.3 Å². The van der Waals surface area contributed by atoms with E-state index in [0.717, 1.165) is 11.2 Å². The van der Waals surface area contributed by atoms with Crippen LogP contribution in [0.4, 0.5) is 0 Å². The number of nitriles is 1. The lowest BCUT2D eigenvalue weighted by molar-refractivity contribution is 0.916. The van der Waals surface area contributed by atoms with Crippen LogP contribution in [0.3, 0.4) is 0 Å². The molecule has 0 saturated heterocycles. The van der Waals surface area contributed by atoms with Gasteiger partial charge in [-0.3, -0.25) is 0 Å². The Morgan fingerprint density at radius 1 is 1.38 bits per heavy atom. The van der Waals surface area contributed by atoms with Crippen LogP contribution in [0.2, 0.25) is 0 Å². The van der Waals surface area contributed by atoms with Gasteiger partial charge in [0, 0.05) is 0 Å². The van der Waals surface area contributed by atoms with E-state index in [0.29, 0.717) is 5.69 Å². The van der Waals surface area contributed by atoms with Gasteiger partial charge in [-0.15, -0.1) is 0 Å².